The number of aryl methyl sites for hydroxylation is 1. The van der Waals surface area contributed by atoms with Crippen molar-refractivity contribution in [2.45, 2.75) is 51.1 Å². The monoisotopic (exact) mass is 279 g/mol. The molecule has 0 saturated heterocycles. The van der Waals surface area contributed by atoms with Crippen LogP contribution in [0.25, 0.3) is 0 Å². The lowest BCUT2D eigenvalue weighted by atomic mass is 9.63. The zero-order chi connectivity index (χ0) is 14.3. The van der Waals surface area contributed by atoms with E-state index in [1.807, 2.05) is 0 Å². The van der Waals surface area contributed by atoms with Gasteiger partial charge in [0.2, 0.25) is 0 Å². The highest BCUT2D eigenvalue weighted by Gasteiger charge is 2.43. The second kappa shape index (κ2) is 4.92. The van der Waals surface area contributed by atoms with Gasteiger partial charge >= 0.3 is 0 Å². The summed E-state index contributed by atoms with van der Waals surface area (Å²) in [4.78, 5) is 9.94. The summed E-state index contributed by atoms with van der Waals surface area (Å²) in [5.41, 5.74) is 5.23. The molecule has 1 fully saturated rings. The average molecular weight is 279 g/mol. The Hall–Kier alpha value is -1.74. The average Bonchev–Trinajstić information content (AvgIpc) is 2.95. The van der Waals surface area contributed by atoms with Crippen molar-refractivity contribution in [3.05, 3.63) is 58.7 Å². The number of rotatable bonds is 3. The first-order chi connectivity index (χ1) is 10.3. The van der Waals surface area contributed by atoms with Gasteiger partial charge in [0.05, 0.1) is 11.1 Å². The minimum Gasteiger partial charge on any atom is -0.307 e. The summed E-state index contributed by atoms with van der Waals surface area (Å²) in [6.07, 6.45) is 4.61. The molecular formula is C18H21N3. The maximum absolute atomic E-state index is 4.98. The summed E-state index contributed by atoms with van der Waals surface area (Å²) in [7, 11) is 0. The Kier molecular flexibility index (Phi) is 3.03. The Labute approximate surface area is 125 Å². The Morgan fingerprint density at radius 3 is 2.57 bits per heavy atom. The fraction of sp³-hybridized carbons (Fsp3) is 0.444. The first kappa shape index (κ1) is 13.0. The molecule has 1 aromatic carbocycles. The van der Waals surface area contributed by atoms with Crippen molar-refractivity contribution >= 4 is 0 Å². The Bertz CT molecular complexity index is 660. The van der Waals surface area contributed by atoms with Gasteiger partial charge in [-0.15, -0.1) is 0 Å². The van der Waals surface area contributed by atoms with Crippen molar-refractivity contribution in [2.75, 3.05) is 0 Å². The smallest absolute Gasteiger partial charge is 0.139 e. The standard InChI is InChI=1S/C18H21N3/c1-2-15-14-11-19-12-16(14)21-17(20-15)18(9-6-10-18)13-7-4-3-5-8-13/h3-5,7-8,19H,2,6,9-12H2,1H3. The molecule has 3 heteroatoms. The quantitative estimate of drug-likeness (QED) is 0.938. The third-order valence-electron chi connectivity index (χ3n) is 5.07. The highest BCUT2D eigenvalue weighted by Crippen LogP contribution is 2.47. The fourth-order valence-corrected chi connectivity index (χ4v) is 3.67. The summed E-state index contributed by atoms with van der Waals surface area (Å²) in [6, 6.07) is 10.8. The van der Waals surface area contributed by atoms with Crippen LogP contribution in [-0.2, 0) is 24.9 Å². The van der Waals surface area contributed by atoms with Crippen molar-refractivity contribution < 1.29 is 0 Å². The molecule has 108 valence electrons. The number of hydrogen-bond acceptors (Lipinski definition) is 3. The van der Waals surface area contributed by atoms with Crippen LogP contribution in [0.15, 0.2) is 30.3 Å². The highest BCUT2D eigenvalue weighted by atomic mass is 15.0. The van der Waals surface area contributed by atoms with E-state index in [2.05, 4.69) is 42.6 Å². The van der Waals surface area contributed by atoms with Crippen LogP contribution in [0.1, 0.15) is 54.5 Å². The third kappa shape index (κ3) is 1.91. The topological polar surface area (TPSA) is 37.8 Å². The molecular weight excluding hydrogens is 258 g/mol. The molecule has 3 nitrogen and oxygen atoms in total. The minimum atomic E-state index is 0.0583. The van der Waals surface area contributed by atoms with Gasteiger partial charge in [-0.1, -0.05) is 43.7 Å². The van der Waals surface area contributed by atoms with Crippen LogP contribution >= 0.6 is 0 Å². The van der Waals surface area contributed by atoms with E-state index in [0.717, 1.165) is 25.3 Å². The maximum atomic E-state index is 4.98. The molecule has 1 aliphatic carbocycles. The van der Waals surface area contributed by atoms with E-state index in [0.29, 0.717) is 0 Å². The largest absolute Gasteiger partial charge is 0.307 e. The Morgan fingerprint density at radius 2 is 1.90 bits per heavy atom. The third-order valence-corrected chi connectivity index (χ3v) is 5.07. The van der Waals surface area contributed by atoms with Gasteiger partial charge in [0.25, 0.3) is 0 Å². The number of aromatic nitrogens is 2. The van der Waals surface area contributed by atoms with Crippen molar-refractivity contribution in [3.8, 4) is 0 Å². The second-order valence-corrected chi connectivity index (χ2v) is 6.18. The SMILES string of the molecule is CCc1nc(C2(c3ccccc3)CCC2)nc2c1CNC2. The number of nitrogens with one attached hydrogen (secondary N) is 1. The summed E-state index contributed by atoms with van der Waals surface area (Å²) in [5.74, 6) is 1.05. The Morgan fingerprint density at radius 1 is 1.10 bits per heavy atom. The minimum absolute atomic E-state index is 0.0583. The van der Waals surface area contributed by atoms with Gasteiger partial charge in [0, 0.05) is 24.3 Å². The molecule has 1 saturated carbocycles. The van der Waals surface area contributed by atoms with Crippen LogP contribution in [0, 0.1) is 0 Å². The van der Waals surface area contributed by atoms with Crippen LogP contribution < -0.4 is 5.32 Å². The molecule has 1 N–H and O–H groups in total. The zero-order valence-electron chi connectivity index (χ0n) is 12.5. The predicted octanol–water partition coefficient (Wildman–Crippen LogP) is 3.11. The van der Waals surface area contributed by atoms with Gasteiger partial charge in [-0.2, -0.15) is 0 Å². The molecule has 1 aliphatic heterocycles. The highest BCUT2D eigenvalue weighted by molar-refractivity contribution is 5.39. The van der Waals surface area contributed by atoms with Crippen LogP contribution in [0.3, 0.4) is 0 Å². The molecule has 2 aromatic rings. The first-order valence-corrected chi connectivity index (χ1v) is 7.99. The summed E-state index contributed by atoms with van der Waals surface area (Å²) in [5, 5.41) is 3.41. The van der Waals surface area contributed by atoms with E-state index < -0.39 is 0 Å². The van der Waals surface area contributed by atoms with Gasteiger partial charge in [0.1, 0.15) is 5.82 Å². The molecule has 0 bridgehead atoms. The fourth-order valence-electron chi connectivity index (χ4n) is 3.67. The molecule has 0 unspecified atom stereocenters. The number of nitrogens with zero attached hydrogens (tertiary/aromatic N) is 2. The van der Waals surface area contributed by atoms with Crippen LogP contribution in [0.5, 0.6) is 0 Å². The number of fused-ring (bicyclic) bond motifs is 1. The van der Waals surface area contributed by atoms with Gasteiger partial charge in [-0.25, -0.2) is 9.97 Å². The summed E-state index contributed by atoms with van der Waals surface area (Å²) < 4.78 is 0. The van der Waals surface area contributed by atoms with E-state index in [1.165, 1.54) is 41.8 Å². The predicted molar refractivity (Wildman–Crippen MR) is 83.0 cm³/mol. The van der Waals surface area contributed by atoms with Gasteiger partial charge < -0.3 is 5.32 Å². The van der Waals surface area contributed by atoms with E-state index in [1.54, 1.807) is 0 Å². The summed E-state index contributed by atoms with van der Waals surface area (Å²) >= 11 is 0. The maximum Gasteiger partial charge on any atom is 0.139 e. The lowest BCUT2D eigenvalue weighted by Crippen LogP contribution is -2.38. The molecule has 1 aromatic heterocycles. The van der Waals surface area contributed by atoms with Gasteiger partial charge in [-0.05, 0) is 24.8 Å². The van der Waals surface area contributed by atoms with Gasteiger partial charge in [-0.3, -0.25) is 0 Å². The molecule has 0 atom stereocenters. The molecule has 2 aliphatic rings. The van der Waals surface area contributed by atoms with E-state index in [4.69, 9.17) is 9.97 Å². The van der Waals surface area contributed by atoms with Gasteiger partial charge in [0.15, 0.2) is 0 Å². The molecule has 2 heterocycles. The van der Waals surface area contributed by atoms with E-state index in [9.17, 15) is 0 Å². The molecule has 0 radical (unpaired) electrons. The van der Waals surface area contributed by atoms with Crippen molar-refractivity contribution in [1.82, 2.24) is 15.3 Å². The van der Waals surface area contributed by atoms with Crippen LogP contribution in [0.2, 0.25) is 0 Å². The van der Waals surface area contributed by atoms with Crippen molar-refractivity contribution in [3.63, 3.8) is 0 Å². The summed E-state index contributed by atoms with van der Waals surface area (Å²) in [6.45, 7) is 4.01. The first-order valence-electron chi connectivity index (χ1n) is 7.99. The molecule has 4 rings (SSSR count). The molecule has 0 amide bonds. The van der Waals surface area contributed by atoms with Crippen LogP contribution in [0.4, 0.5) is 0 Å². The van der Waals surface area contributed by atoms with E-state index >= 15 is 0 Å². The molecule has 21 heavy (non-hydrogen) atoms. The second-order valence-electron chi connectivity index (χ2n) is 6.18. The number of benzene rings is 1. The lowest BCUT2D eigenvalue weighted by molar-refractivity contribution is 0.283. The van der Waals surface area contributed by atoms with Crippen molar-refractivity contribution in [1.29, 1.82) is 0 Å². The molecule has 0 spiro atoms. The Balaban J connectivity index is 1.85. The van der Waals surface area contributed by atoms with Crippen molar-refractivity contribution in [2.24, 2.45) is 0 Å². The lowest BCUT2D eigenvalue weighted by Gasteiger charge is -2.41. The normalized spacial score (nSPS) is 19.1. The zero-order valence-corrected chi connectivity index (χ0v) is 12.5. The van der Waals surface area contributed by atoms with E-state index in [-0.39, 0.29) is 5.41 Å². The number of hydrogen-bond donors (Lipinski definition) is 1. The van der Waals surface area contributed by atoms with Crippen LogP contribution in [-0.4, -0.2) is 9.97 Å².